The second kappa shape index (κ2) is 4.41. The lowest BCUT2D eigenvalue weighted by Gasteiger charge is -1.77. The molecule has 0 radical (unpaired) electrons. The van der Waals surface area contributed by atoms with Gasteiger partial charge in [0.2, 0.25) is 0 Å². The predicted molar refractivity (Wildman–Crippen MR) is 41.9 cm³/mol. The molecule has 0 unspecified atom stereocenters. The SMILES string of the molecule is C1CC1.OCc1cscn1. The van der Waals surface area contributed by atoms with Crippen molar-refractivity contribution in [1.29, 1.82) is 0 Å². The van der Waals surface area contributed by atoms with Crippen molar-refractivity contribution < 1.29 is 5.11 Å². The van der Waals surface area contributed by atoms with Crippen molar-refractivity contribution in [2.24, 2.45) is 0 Å². The Hall–Kier alpha value is -0.410. The summed E-state index contributed by atoms with van der Waals surface area (Å²) in [6.07, 6.45) is 4.50. The Labute approximate surface area is 64.5 Å². The minimum absolute atomic E-state index is 0.0590. The summed E-state index contributed by atoms with van der Waals surface area (Å²) in [6, 6.07) is 0. The largest absolute Gasteiger partial charge is 0.390 e. The van der Waals surface area contributed by atoms with E-state index in [4.69, 9.17) is 5.11 Å². The van der Waals surface area contributed by atoms with Crippen LogP contribution < -0.4 is 0 Å². The highest BCUT2D eigenvalue weighted by Crippen LogP contribution is 2.14. The normalized spacial score (nSPS) is 13.7. The third-order valence-electron chi connectivity index (χ3n) is 0.999. The number of rotatable bonds is 1. The van der Waals surface area contributed by atoms with Gasteiger partial charge in [0.05, 0.1) is 17.8 Å². The molecule has 1 aromatic rings. The van der Waals surface area contributed by atoms with Crippen LogP contribution in [0.4, 0.5) is 0 Å². The third-order valence-corrected chi connectivity index (χ3v) is 1.63. The Morgan fingerprint density at radius 2 is 2.20 bits per heavy atom. The Bertz CT molecular complexity index is 157. The molecule has 1 heterocycles. The lowest BCUT2D eigenvalue weighted by Crippen LogP contribution is -1.77. The quantitative estimate of drug-likeness (QED) is 0.674. The molecule has 1 aromatic heterocycles. The zero-order valence-corrected chi connectivity index (χ0v) is 6.60. The molecule has 1 fully saturated rings. The molecule has 0 saturated heterocycles. The molecular formula is C7H11NOS. The van der Waals surface area contributed by atoms with Crippen molar-refractivity contribution >= 4 is 11.3 Å². The highest BCUT2D eigenvalue weighted by molar-refractivity contribution is 7.07. The predicted octanol–water partition coefficient (Wildman–Crippen LogP) is 1.81. The first-order chi connectivity index (χ1) is 4.93. The van der Waals surface area contributed by atoms with Crippen molar-refractivity contribution in [2.45, 2.75) is 25.9 Å². The number of thiazole rings is 1. The summed E-state index contributed by atoms with van der Waals surface area (Å²) in [6.45, 7) is 0.0590. The maximum atomic E-state index is 8.37. The molecule has 0 atom stereocenters. The monoisotopic (exact) mass is 157 g/mol. The zero-order valence-electron chi connectivity index (χ0n) is 5.79. The molecular weight excluding hydrogens is 146 g/mol. The number of hydrogen-bond donors (Lipinski definition) is 1. The Morgan fingerprint density at radius 3 is 2.40 bits per heavy atom. The second-order valence-corrected chi connectivity index (χ2v) is 2.92. The molecule has 0 aliphatic heterocycles. The van der Waals surface area contributed by atoms with Gasteiger partial charge in [-0.15, -0.1) is 11.3 Å². The summed E-state index contributed by atoms with van der Waals surface area (Å²) in [7, 11) is 0. The molecule has 1 aliphatic rings. The summed E-state index contributed by atoms with van der Waals surface area (Å²) in [5.74, 6) is 0. The molecule has 2 nitrogen and oxygen atoms in total. The summed E-state index contributed by atoms with van der Waals surface area (Å²) in [4.78, 5) is 3.80. The van der Waals surface area contributed by atoms with Gasteiger partial charge in [0, 0.05) is 5.38 Å². The Kier molecular flexibility index (Phi) is 3.40. The summed E-state index contributed by atoms with van der Waals surface area (Å²) in [5, 5.41) is 10.2. The van der Waals surface area contributed by atoms with Crippen LogP contribution in [-0.2, 0) is 6.61 Å². The Balaban J connectivity index is 0.000000138. The van der Waals surface area contributed by atoms with E-state index in [9.17, 15) is 0 Å². The smallest absolute Gasteiger partial charge is 0.0861 e. The van der Waals surface area contributed by atoms with E-state index >= 15 is 0 Å². The molecule has 1 N–H and O–H groups in total. The maximum absolute atomic E-state index is 8.37. The number of aromatic nitrogens is 1. The van der Waals surface area contributed by atoms with Gasteiger partial charge >= 0.3 is 0 Å². The lowest BCUT2D eigenvalue weighted by molar-refractivity contribution is 0.277. The van der Waals surface area contributed by atoms with Crippen LogP contribution in [0.5, 0.6) is 0 Å². The number of aliphatic hydroxyl groups is 1. The fourth-order valence-corrected chi connectivity index (χ4v) is 0.865. The van der Waals surface area contributed by atoms with Gasteiger partial charge in [-0.1, -0.05) is 19.3 Å². The first-order valence-electron chi connectivity index (χ1n) is 3.41. The van der Waals surface area contributed by atoms with Crippen molar-refractivity contribution in [3.63, 3.8) is 0 Å². The minimum Gasteiger partial charge on any atom is -0.390 e. The minimum atomic E-state index is 0.0590. The first-order valence-corrected chi connectivity index (χ1v) is 4.35. The van der Waals surface area contributed by atoms with Gasteiger partial charge in [-0.2, -0.15) is 0 Å². The van der Waals surface area contributed by atoms with Gasteiger partial charge in [0.15, 0.2) is 0 Å². The molecule has 0 spiro atoms. The van der Waals surface area contributed by atoms with E-state index in [-0.39, 0.29) is 6.61 Å². The summed E-state index contributed by atoms with van der Waals surface area (Å²) >= 11 is 1.49. The van der Waals surface area contributed by atoms with Gasteiger partial charge in [-0.25, -0.2) is 4.98 Å². The molecule has 0 amide bonds. The molecule has 1 aliphatic carbocycles. The number of nitrogens with zero attached hydrogens (tertiary/aromatic N) is 1. The van der Waals surface area contributed by atoms with Crippen molar-refractivity contribution in [3.05, 3.63) is 16.6 Å². The molecule has 2 rings (SSSR count). The maximum Gasteiger partial charge on any atom is 0.0861 e. The van der Waals surface area contributed by atoms with Gasteiger partial charge in [-0.05, 0) is 0 Å². The van der Waals surface area contributed by atoms with Crippen LogP contribution in [-0.4, -0.2) is 10.1 Å². The Morgan fingerprint density at radius 1 is 1.50 bits per heavy atom. The van der Waals surface area contributed by atoms with Crippen LogP contribution in [0.1, 0.15) is 25.0 Å². The van der Waals surface area contributed by atoms with Crippen LogP contribution in [0.15, 0.2) is 10.9 Å². The van der Waals surface area contributed by atoms with Crippen LogP contribution in [0.3, 0.4) is 0 Å². The first kappa shape index (κ1) is 7.69. The van der Waals surface area contributed by atoms with E-state index in [1.807, 2.05) is 5.38 Å². The van der Waals surface area contributed by atoms with Crippen LogP contribution in [0.2, 0.25) is 0 Å². The van der Waals surface area contributed by atoms with E-state index < -0.39 is 0 Å². The fourth-order valence-electron chi connectivity index (χ4n) is 0.316. The van der Waals surface area contributed by atoms with Crippen LogP contribution in [0.25, 0.3) is 0 Å². The van der Waals surface area contributed by atoms with Crippen molar-refractivity contribution in [2.75, 3.05) is 0 Å². The van der Waals surface area contributed by atoms with Crippen molar-refractivity contribution in [1.82, 2.24) is 4.98 Å². The van der Waals surface area contributed by atoms with E-state index in [0.717, 1.165) is 5.69 Å². The summed E-state index contributed by atoms with van der Waals surface area (Å²) < 4.78 is 0. The molecule has 0 aromatic carbocycles. The summed E-state index contributed by atoms with van der Waals surface area (Å²) in [5.41, 5.74) is 2.45. The van der Waals surface area contributed by atoms with E-state index in [1.54, 1.807) is 5.51 Å². The highest BCUT2D eigenvalue weighted by Gasteiger charge is 1.95. The average molecular weight is 157 g/mol. The highest BCUT2D eigenvalue weighted by atomic mass is 32.1. The molecule has 0 bridgehead atoms. The van der Waals surface area contributed by atoms with Gasteiger partial charge < -0.3 is 5.11 Å². The standard InChI is InChI=1S/C4H5NOS.C3H6/c6-1-4-2-7-3-5-4;1-2-3-1/h2-3,6H,1H2;1-3H2. The van der Waals surface area contributed by atoms with Gasteiger partial charge in [-0.3, -0.25) is 0 Å². The second-order valence-electron chi connectivity index (χ2n) is 2.20. The molecule has 3 heteroatoms. The zero-order chi connectivity index (χ0) is 7.23. The molecule has 1 saturated carbocycles. The van der Waals surface area contributed by atoms with Crippen molar-refractivity contribution in [3.8, 4) is 0 Å². The lowest BCUT2D eigenvalue weighted by atomic mass is 10.5. The number of hydrogen-bond acceptors (Lipinski definition) is 3. The molecule has 56 valence electrons. The van der Waals surface area contributed by atoms with Crippen LogP contribution in [0, 0.1) is 0 Å². The van der Waals surface area contributed by atoms with Gasteiger partial charge in [0.25, 0.3) is 0 Å². The van der Waals surface area contributed by atoms with E-state index in [2.05, 4.69) is 4.98 Å². The third kappa shape index (κ3) is 3.58. The van der Waals surface area contributed by atoms with Gasteiger partial charge in [0.1, 0.15) is 0 Å². The van der Waals surface area contributed by atoms with Crippen LogP contribution >= 0.6 is 11.3 Å². The number of aliphatic hydroxyl groups excluding tert-OH is 1. The molecule has 10 heavy (non-hydrogen) atoms. The fraction of sp³-hybridized carbons (Fsp3) is 0.571. The average Bonchev–Trinajstić information content (AvgIpc) is 2.75. The topological polar surface area (TPSA) is 33.1 Å². The van der Waals surface area contributed by atoms with E-state index in [0.29, 0.717) is 0 Å². The van der Waals surface area contributed by atoms with E-state index in [1.165, 1.54) is 30.6 Å².